The maximum Gasteiger partial charge on any atom is 0.259 e. The molecule has 0 atom stereocenters. The number of benzene rings is 3. The van der Waals surface area contributed by atoms with Crippen LogP contribution in [0.3, 0.4) is 0 Å². The molecule has 0 aromatic heterocycles. The number of carbonyl (C=O) groups excluding carboxylic acids is 2. The molecular weight excluding hydrogens is 456 g/mol. The first-order chi connectivity index (χ1) is 14.9. The van der Waals surface area contributed by atoms with Crippen LogP contribution in [0.1, 0.15) is 45.2 Å². The molecule has 0 spiro atoms. The summed E-state index contributed by atoms with van der Waals surface area (Å²) in [6.07, 6.45) is 0.832. The maximum atomic E-state index is 13.0. The Hall–Kier alpha value is -3.12. The van der Waals surface area contributed by atoms with Crippen LogP contribution in [0, 0.1) is 13.8 Å². The average Bonchev–Trinajstić information content (AvgIpc) is 2.75. The lowest BCUT2D eigenvalue weighted by atomic mass is 10.1. The van der Waals surface area contributed by atoms with Gasteiger partial charge in [0.2, 0.25) is 0 Å². The van der Waals surface area contributed by atoms with E-state index in [0.717, 1.165) is 22.0 Å². The Balaban J connectivity index is 1.83. The van der Waals surface area contributed by atoms with E-state index < -0.39 is 0 Å². The van der Waals surface area contributed by atoms with E-state index in [4.69, 9.17) is 4.74 Å². The zero-order valence-corrected chi connectivity index (χ0v) is 19.4. The number of nitrogens with one attached hydrogen (secondary N) is 2. The Morgan fingerprint density at radius 1 is 0.871 bits per heavy atom. The van der Waals surface area contributed by atoms with Crippen LogP contribution in [-0.2, 0) is 0 Å². The van der Waals surface area contributed by atoms with Crippen molar-refractivity contribution in [2.45, 2.75) is 27.2 Å². The van der Waals surface area contributed by atoms with Crippen LogP contribution in [0.4, 0.5) is 11.4 Å². The molecule has 3 rings (SSSR count). The fourth-order valence-corrected chi connectivity index (χ4v) is 3.38. The van der Waals surface area contributed by atoms with Crippen molar-refractivity contribution in [2.75, 3.05) is 17.2 Å². The molecule has 0 saturated heterocycles. The number of halogens is 1. The predicted molar refractivity (Wildman–Crippen MR) is 128 cm³/mol. The number of aryl methyl sites for hydroxylation is 2. The zero-order chi connectivity index (χ0) is 22.4. The lowest BCUT2D eigenvalue weighted by Crippen LogP contribution is -2.19. The van der Waals surface area contributed by atoms with E-state index in [9.17, 15) is 9.59 Å². The van der Waals surface area contributed by atoms with Crippen molar-refractivity contribution in [1.29, 1.82) is 0 Å². The molecule has 5 nitrogen and oxygen atoms in total. The van der Waals surface area contributed by atoms with Gasteiger partial charge in [0, 0.05) is 10.2 Å². The number of anilines is 2. The minimum absolute atomic E-state index is 0.296. The van der Waals surface area contributed by atoms with Gasteiger partial charge in [0.25, 0.3) is 11.8 Å². The highest BCUT2D eigenvalue weighted by Crippen LogP contribution is 2.26. The van der Waals surface area contributed by atoms with Crippen LogP contribution >= 0.6 is 15.9 Å². The SMILES string of the molecule is CCCOc1ccc(Br)cc1C(=O)Nc1ccccc1C(=O)Nc1ccc(C)c(C)c1. The summed E-state index contributed by atoms with van der Waals surface area (Å²) in [7, 11) is 0. The molecule has 0 bridgehead atoms. The van der Waals surface area contributed by atoms with Gasteiger partial charge in [0.15, 0.2) is 0 Å². The van der Waals surface area contributed by atoms with E-state index in [1.54, 1.807) is 36.4 Å². The van der Waals surface area contributed by atoms with Crippen molar-refractivity contribution < 1.29 is 14.3 Å². The van der Waals surface area contributed by atoms with Gasteiger partial charge in [-0.1, -0.05) is 41.1 Å². The fraction of sp³-hybridized carbons (Fsp3) is 0.200. The first-order valence-electron chi connectivity index (χ1n) is 10.1. The van der Waals surface area contributed by atoms with Gasteiger partial charge in [-0.05, 0) is 73.9 Å². The van der Waals surface area contributed by atoms with Crippen molar-refractivity contribution in [3.8, 4) is 5.75 Å². The summed E-state index contributed by atoms with van der Waals surface area (Å²) < 4.78 is 6.48. The molecule has 160 valence electrons. The number of para-hydroxylation sites is 1. The number of carbonyl (C=O) groups is 2. The number of hydrogen-bond acceptors (Lipinski definition) is 3. The molecule has 2 amide bonds. The molecule has 2 N–H and O–H groups in total. The Morgan fingerprint density at radius 3 is 2.35 bits per heavy atom. The maximum absolute atomic E-state index is 13.0. The summed E-state index contributed by atoms with van der Waals surface area (Å²) in [5.41, 5.74) is 4.15. The largest absolute Gasteiger partial charge is 0.493 e. The molecule has 0 heterocycles. The van der Waals surface area contributed by atoms with Crippen LogP contribution < -0.4 is 15.4 Å². The van der Waals surface area contributed by atoms with E-state index in [0.29, 0.717) is 34.9 Å². The molecule has 0 aliphatic rings. The third kappa shape index (κ3) is 5.73. The highest BCUT2D eigenvalue weighted by molar-refractivity contribution is 9.10. The second-order valence-corrected chi connectivity index (χ2v) is 8.16. The third-order valence-corrected chi connectivity index (χ3v) is 5.33. The van der Waals surface area contributed by atoms with E-state index in [1.807, 2.05) is 45.0 Å². The topological polar surface area (TPSA) is 67.4 Å². The summed E-state index contributed by atoms with van der Waals surface area (Å²) in [5.74, 6) is -0.144. The smallest absolute Gasteiger partial charge is 0.259 e. The Labute approximate surface area is 191 Å². The molecule has 3 aromatic carbocycles. The zero-order valence-electron chi connectivity index (χ0n) is 17.8. The van der Waals surface area contributed by atoms with Crippen molar-refractivity contribution in [3.63, 3.8) is 0 Å². The van der Waals surface area contributed by atoms with Gasteiger partial charge in [-0.3, -0.25) is 9.59 Å². The predicted octanol–water partition coefficient (Wildman–Crippen LogP) is 6.36. The monoisotopic (exact) mass is 480 g/mol. The van der Waals surface area contributed by atoms with Gasteiger partial charge < -0.3 is 15.4 Å². The molecule has 3 aromatic rings. The molecule has 0 fully saturated rings. The van der Waals surface area contributed by atoms with Gasteiger partial charge >= 0.3 is 0 Å². The Kier molecular flexibility index (Phi) is 7.47. The first kappa shape index (κ1) is 22.6. The summed E-state index contributed by atoms with van der Waals surface area (Å²) in [5, 5.41) is 5.76. The second-order valence-electron chi connectivity index (χ2n) is 7.24. The molecule has 0 aliphatic heterocycles. The van der Waals surface area contributed by atoms with E-state index in [2.05, 4.69) is 26.6 Å². The summed E-state index contributed by atoms with van der Waals surface area (Å²) in [6, 6.07) is 18.0. The lowest BCUT2D eigenvalue weighted by Gasteiger charge is -2.14. The lowest BCUT2D eigenvalue weighted by molar-refractivity contribution is 0.102. The minimum Gasteiger partial charge on any atom is -0.493 e. The Morgan fingerprint density at radius 2 is 1.61 bits per heavy atom. The van der Waals surface area contributed by atoms with Crippen molar-refractivity contribution >= 4 is 39.1 Å². The van der Waals surface area contributed by atoms with Crippen molar-refractivity contribution in [1.82, 2.24) is 0 Å². The second kappa shape index (κ2) is 10.3. The highest BCUT2D eigenvalue weighted by Gasteiger charge is 2.18. The minimum atomic E-state index is -0.348. The van der Waals surface area contributed by atoms with Crippen LogP contribution in [-0.4, -0.2) is 18.4 Å². The average molecular weight is 481 g/mol. The molecule has 0 aliphatic carbocycles. The fourth-order valence-electron chi connectivity index (χ4n) is 3.01. The first-order valence-corrected chi connectivity index (χ1v) is 10.9. The van der Waals surface area contributed by atoms with Crippen molar-refractivity contribution in [3.05, 3.63) is 87.4 Å². The van der Waals surface area contributed by atoms with Gasteiger partial charge in [-0.15, -0.1) is 0 Å². The van der Waals surface area contributed by atoms with Crippen LogP contribution in [0.5, 0.6) is 5.75 Å². The number of ether oxygens (including phenoxy) is 1. The quantitative estimate of drug-likeness (QED) is 0.413. The summed E-state index contributed by atoms with van der Waals surface area (Å²) >= 11 is 3.40. The Bertz CT molecular complexity index is 1110. The third-order valence-electron chi connectivity index (χ3n) is 4.83. The summed E-state index contributed by atoms with van der Waals surface area (Å²) in [4.78, 5) is 25.9. The standard InChI is InChI=1S/C25H25BrN2O3/c1-4-13-31-23-12-10-18(26)15-21(23)25(30)28-22-8-6-5-7-20(22)24(29)27-19-11-9-16(2)17(3)14-19/h5-12,14-15H,4,13H2,1-3H3,(H,27,29)(H,28,30). The summed E-state index contributed by atoms with van der Waals surface area (Å²) in [6.45, 7) is 6.53. The molecule has 0 radical (unpaired) electrons. The van der Waals surface area contributed by atoms with E-state index in [1.165, 1.54) is 0 Å². The van der Waals surface area contributed by atoms with Gasteiger partial charge in [-0.25, -0.2) is 0 Å². The highest BCUT2D eigenvalue weighted by atomic mass is 79.9. The van der Waals surface area contributed by atoms with Crippen LogP contribution in [0.15, 0.2) is 65.1 Å². The molecular formula is C25H25BrN2O3. The number of hydrogen-bond donors (Lipinski definition) is 2. The number of rotatable bonds is 7. The van der Waals surface area contributed by atoms with Crippen LogP contribution in [0.25, 0.3) is 0 Å². The molecule has 31 heavy (non-hydrogen) atoms. The molecule has 6 heteroatoms. The van der Waals surface area contributed by atoms with E-state index in [-0.39, 0.29) is 11.8 Å². The number of amides is 2. The van der Waals surface area contributed by atoms with E-state index >= 15 is 0 Å². The van der Waals surface area contributed by atoms with Crippen molar-refractivity contribution in [2.24, 2.45) is 0 Å². The van der Waals surface area contributed by atoms with Crippen LogP contribution in [0.2, 0.25) is 0 Å². The molecule has 0 unspecified atom stereocenters. The van der Waals surface area contributed by atoms with Gasteiger partial charge in [-0.2, -0.15) is 0 Å². The van der Waals surface area contributed by atoms with Gasteiger partial charge in [0.1, 0.15) is 5.75 Å². The normalized spacial score (nSPS) is 10.5. The van der Waals surface area contributed by atoms with Gasteiger partial charge in [0.05, 0.1) is 23.4 Å². The molecule has 0 saturated carbocycles.